The number of nitrogens with zero attached hydrogens (tertiary/aromatic N) is 1. The van der Waals surface area contributed by atoms with Gasteiger partial charge in [0.15, 0.2) is 6.29 Å². The van der Waals surface area contributed by atoms with Gasteiger partial charge in [0.05, 0.1) is 18.1 Å². The van der Waals surface area contributed by atoms with Crippen molar-refractivity contribution < 1.29 is 37.6 Å². The number of aldehydes is 1. The van der Waals surface area contributed by atoms with Gasteiger partial charge in [0.2, 0.25) is 0 Å². The van der Waals surface area contributed by atoms with Gasteiger partial charge in [0.25, 0.3) is 5.69 Å². The molecule has 11 nitrogen and oxygen atoms in total. The van der Waals surface area contributed by atoms with Crippen LogP contribution >= 0.6 is 7.75 Å². The van der Waals surface area contributed by atoms with E-state index in [1.165, 1.54) is 108 Å². The Morgan fingerprint density at radius 1 is 0.741 bits per heavy atom. The van der Waals surface area contributed by atoms with Gasteiger partial charge in [-0.1, -0.05) is 160 Å². The zero-order valence-corrected chi connectivity index (χ0v) is 33.9. The van der Waals surface area contributed by atoms with Crippen LogP contribution in [0.3, 0.4) is 0 Å². The number of benzene rings is 2. The summed E-state index contributed by atoms with van der Waals surface area (Å²) in [5.74, 6) is -0.643. The van der Waals surface area contributed by atoms with Crippen LogP contribution in [0.4, 0.5) is 5.69 Å². The van der Waals surface area contributed by atoms with E-state index in [0.29, 0.717) is 19.3 Å². The molecule has 0 amide bonds. The number of unbranched alkanes of at least 4 members (excludes halogenated alkanes) is 18. The maximum Gasteiger partial charge on any atom is 0.460 e. The first kappa shape index (κ1) is 47.0. The molecule has 0 aromatic heterocycles. The molecule has 0 aliphatic carbocycles. The van der Waals surface area contributed by atoms with Gasteiger partial charge in [-0.3, -0.25) is 19.4 Å². The molecule has 0 spiro atoms. The highest BCUT2D eigenvalue weighted by atomic mass is 31.2. The van der Waals surface area contributed by atoms with Gasteiger partial charge in [0, 0.05) is 18.7 Å². The smallest absolute Gasteiger partial charge is 0.460 e. The fraction of sp³-hybridized carbons (Fsp3) is 0.667. The predicted molar refractivity (Wildman–Crippen MR) is 215 cm³/mol. The molecule has 54 heavy (non-hydrogen) atoms. The molecule has 304 valence electrons. The van der Waals surface area contributed by atoms with Crippen LogP contribution in [0, 0.1) is 10.1 Å². The molecule has 1 unspecified atom stereocenters. The summed E-state index contributed by atoms with van der Waals surface area (Å²) < 4.78 is 37.4. The number of carbonyl (C=O) groups is 2. The van der Waals surface area contributed by atoms with Crippen molar-refractivity contribution in [3.63, 3.8) is 0 Å². The SMILES string of the molecule is CCCCCCCCCCCCOC[C@@H](C=O)OP(=O)(N[C@@H](Cc1ccccc1)C(=O)OCCCCCCCCCCCC)Oc1ccc([N+](=O)[O-])cc1. The Kier molecular flexibility index (Phi) is 26.3. The van der Waals surface area contributed by atoms with Crippen molar-refractivity contribution in [3.05, 3.63) is 70.3 Å². The topological polar surface area (TPSA) is 143 Å². The van der Waals surface area contributed by atoms with E-state index in [2.05, 4.69) is 18.9 Å². The molecular weight excluding hydrogens is 707 g/mol. The fourth-order valence-corrected chi connectivity index (χ4v) is 7.70. The largest absolute Gasteiger partial charge is 0.465 e. The monoisotopic (exact) mass is 774 g/mol. The summed E-state index contributed by atoms with van der Waals surface area (Å²) in [6, 6.07) is 13.0. The molecule has 2 aromatic rings. The highest BCUT2D eigenvalue weighted by molar-refractivity contribution is 7.52. The molecular formula is C42H67N2O9P. The number of nitro benzene ring substituents is 1. The molecule has 0 heterocycles. The lowest BCUT2D eigenvalue weighted by Crippen LogP contribution is -2.40. The van der Waals surface area contributed by atoms with Crippen LogP contribution in [0.5, 0.6) is 5.75 Å². The van der Waals surface area contributed by atoms with Crippen LogP contribution in [0.1, 0.15) is 148 Å². The summed E-state index contributed by atoms with van der Waals surface area (Å²) in [6.07, 6.45) is 22.6. The second-order valence-corrected chi connectivity index (χ2v) is 15.7. The first-order valence-electron chi connectivity index (χ1n) is 20.5. The molecule has 12 heteroatoms. The number of esters is 1. The summed E-state index contributed by atoms with van der Waals surface area (Å²) in [4.78, 5) is 36.3. The van der Waals surface area contributed by atoms with E-state index in [-0.39, 0.29) is 31.1 Å². The summed E-state index contributed by atoms with van der Waals surface area (Å²) in [5, 5.41) is 14.0. The van der Waals surface area contributed by atoms with Crippen molar-refractivity contribution in [2.75, 3.05) is 19.8 Å². The zero-order valence-electron chi connectivity index (χ0n) is 33.0. The van der Waals surface area contributed by atoms with Crippen molar-refractivity contribution in [1.29, 1.82) is 0 Å². The normalized spacial score (nSPS) is 13.5. The number of non-ortho nitro benzene ring substituents is 1. The first-order valence-corrected chi connectivity index (χ1v) is 22.1. The van der Waals surface area contributed by atoms with Gasteiger partial charge in [0.1, 0.15) is 17.9 Å². The van der Waals surface area contributed by atoms with Crippen LogP contribution in [-0.4, -0.2) is 49.1 Å². The van der Waals surface area contributed by atoms with Gasteiger partial charge < -0.3 is 18.8 Å². The molecule has 2 aromatic carbocycles. The minimum Gasteiger partial charge on any atom is -0.465 e. The molecule has 0 saturated heterocycles. The van der Waals surface area contributed by atoms with Crippen LogP contribution in [-0.2, 0) is 34.6 Å². The molecule has 0 saturated carbocycles. The first-order chi connectivity index (χ1) is 26.3. The Hall–Kier alpha value is -3.11. The Bertz CT molecular complexity index is 1310. The maximum absolute atomic E-state index is 14.4. The van der Waals surface area contributed by atoms with Crippen molar-refractivity contribution in [2.45, 2.75) is 161 Å². The third-order valence-electron chi connectivity index (χ3n) is 9.25. The van der Waals surface area contributed by atoms with E-state index in [9.17, 15) is 24.3 Å². The predicted octanol–water partition coefficient (Wildman–Crippen LogP) is 11.3. The van der Waals surface area contributed by atoms with Gasteiger partial charge in [-0.25, -0.2) is 4.57 Å². The van der Waals surface area contributed by atoms with E-state index >= 15 is 0 Å². The van der Waals surface area contributed by atoms with E-state index in [4.69, 9.17) is 18.5 Å². The molecule has 0 fully saturated rings. The summed E-state index contributed by atoms with van der Waals surface area (Å²) in [5.41, 5.74) is 0.592. The summed E-state index contributed by atoms with van der Waals surface area (Å²) >= 11 is 0. The number of hydrogen-bond donors (Lipinski definition) is 1. The number of nitrogens with one attached hydrogen (secondary N) is 1. The zero-order chi connectivity index (χ0) is 39.1. The molecule has 0 bridgehead atoms. The second kappa shape index (κ2) is 30.2. The van der Waals surface area contributed by atoms with Crippen LogP contribution in [0.15, 0.2) is 54.6 Å². The Labute approximate surface area is 324 Å². The minimum atomic E-state index is -4.48. The van der Waals surface area contributed by atoms with Crippen LogP contribution in [0.25, 0.3) is 0 Å². The van der Waals surface area contributed by atoms with Crippen molar-refractivity contribution in [3.8, 4) is 5.75 Å². The highest BCUT2D eigenvalue weighted by Gasteiger charge is 2.37. The average Bonchev–Trinajstić information content (AvgIpc) is 3.17. The van der Waals surface area contributed by atoms with Crippen LogP contribution < -0.4 is 9.61 Å². The lowest BCUT2D eigenvalue weighted by Gasteiger charge is -2.26. The Balaban J connectivity index is 2.02. The molecule has 0 aliphatic heterocycles. The number of carbonyl (C=O) groups excluding carboxylic acids is 2. The standard InChI is InChI=1S/C42H67N2O9P/c1-3-5-7-9-11-13-15-17-19-24-32-50-36-40(35-45)53-54(49,52-39-30-28-38(29-31-39)44(47)48)43-41(34-37-26-22-21-23-27-37)42(46)51-33-25-20-18-16-14-12-10-8-6-4-2/h21-23,26-31,35,40-41H,3-20,24-25,32-34,36H2,1-2H3,(H,43,49)/t40-,41+,54?/m1/s1. The van der Waals surface area contributed by atoms with Gasteiger partial charge >= 0.3 is 13.7 Å². The van der Waals surface area contributed by atoms with E-state index in [1.54, 1.807) is 0 Å². The minimum absolute atomic E-state index is 0.00967. The fourth-order valence-electron chi connectivity index (χ4n) is 6.09. The van der Waals surface area contributed by atoms with E-state index < -0.39 is 30.8 Å². The Morgan fingerprint density at radius 3 is 1.74 bits per heavy atom. The molecule has 3 atom stereocenters. The van der Waals surface area contributed by atoms with Crippen molar-refractivity contribution >= 4 is 25.7 Å². The average molecular weight is 775 g/mol. The van der Waals surface area contributed by atoms with Crippen LogP contribution in [0.2, 0.25) is 0 Å². The Morgan fingerprint density at radius 2 is 1.24 bits per heavy atom. The number of ether oxygens (including phenoxy) is 2. The van der Waals surface area contributed by atoms with Gasteiger partial charge in [-0.05, 0) is 37.0 Å². The quantitative estimate of drug-likeness (QED) is 0.0179. The van der Waals surface area contributed by atoms with Gasteiger partial charge in [-0.15, -0.1) is 0 Å². The van der Waals surface area contributed by atoms with Crippen molar-refractivity contribution in [1.82, 2.24) is 5.09 Å². The van der Waals surface area contributed by atoms with Crippen molar-refractivity contribution in [2.24, 2.45) is 0 Å². The summed E-state index contributed by atoms with van der Waals surface area (Å²) in [7, 11) is -4.48. The highest BCUT2D eigenvalue weighted by Crippen LogP contribution is 2.46. The third kappa shape index (κ3) is 22.3. The second-order valence-electron chi connectivity index (χ2n) is 14.1. The van der Waals surface area contributed by atoms with E-state index in [0.717, 1.165) is 44.1 Å². The molecule has 1 N–H and O–H groups in total. The lowest BCUT2D eigenvalue weighted by molar-refractivity contribution is -0.384. The lowest BCUT2D eigenvalue weighted by atomic mass is 10.1. The molecule has 2 rings (SSSR count). The number of nitro groups is 1. The third-order valence-corrected chi connectivity index (χ3v) is 10.9. The molecule has 0 radical (unpaired) electrons. The molecule has 0 aliphatic rings. The maximum atomic E-state index is 14.4. The van der Waals surface area contributed by atoms with Gasteiger partial charge in [-0.2, -0.15) is 5.09 Å². The van der Waals surface area contributed by atoms with E-state index in [1.807, 2.05) is 30.3 Å². The number of hydrogen-bond acceptors (Lipinski definition) is 9. The summed E-state index contributed by atoms with van der Waals surface area (Å²) in [6.45, 7) is 4.89. The number of rotatable bonds is 35.